The summed E-state index contributed by atoms with van der Waals surface area (Å²) in [7, 11) is 0. The van der Waals surface area contributed by atoms with E-state index < -0.39 is 0 Å². The van der Waals surface area contributed by atoms with Gasteiger partial charge >= 0.3 is 0 Å². The summed E-state index contributed by atoms with van der Waals surface area (Å²) in [4.78, 5) is 26.7. The summed E-state index contributed by atoms with van der Waals surface area (Å²) in [6.07, 6.45) is 9.82. The Hall–Kier alpha value is -2.17. The van der Waals surface area contributed by atoms with Gasteiger partial charge in [-0.05, 0) is 44.2 Å². The fourth-order valence-electron chi connectivity index (χ4n) is 3.97. The van der Waals surface area contributed by atoms with E-state index in [1.807, 2.05) is 24.1 Å². The molecule has 0 saturated carbocycles. The first-order chi connectivity index (χ1) is 10.7. The Kier molecular flexibility index (Phi) is 3.03. The molecule has 5 nitrogen and oxygen atoms in total. The van der Waals surface area contributed by atoms with Crippen LogP contribution in [0.2, 0.25) is 0 Å². The number of hydrogen-bond acceptors (Lipinski definition) is 3. The van der Waals surface area contributed by atoms with Gasteiger partial charge in [-0.1, -0.05) is 0 Å². The third kappa shape index (κ3) is 2.03. The summed E-state index contributed by atoms with van der Waals surface area (Å²) in [5.41, 5.74) is 3.23. The molecule has 22 heavy (non-hydrogen) atoms. The Bertz CT molecular complexity index is 705. The number of aryl methyl sites for hydroxylation is 2. The predicted octanol–water partition coefficient (Wildman–Crippen LogP) is 2.23. The van der Waals surface area contributed by atoms with E-state index in [4.69, 9.17) is 4.98 Å². The lowest BCUT2D eigenvalue weighted by atomic mass is 9.77. The maximum Gasteiger partial charge on any atom is 0.255 e. The summed E-state index contributed by atoms with van der Waals surface area (Å²) < 4.78 is 0. The quantitative estimate of drug-likeness (QED) is 0.878. The molecule has 4 rings (SSSR count). The van der Waals surface area contributed by atoms with Gasteiger partial charge in [0, 0.05) is 37.1 Å². The van der Waals surface area contributed by atoms with Gasteiger partial charge in [-0.3, -0.25) is 4.79 Å². The molecule has 1 aliphatic carbocycles. The highest BCUT2D eigenvalue weighted by atomic mass is 16.2. The summed E-state index contributed by atoms with van der Waals surface area (Å²) in [6.45, 7) is 3.56. The van der Waals surface area contributed by atoms with Gasteiger partial charge in [-0.25, -0.2) is 9.97 Å². The summed E-state index contributed by atoms with van der Waals surface area (Å²) in [5.74, 6) is 0.952. The van der Waals surface area contributed by atoms with Gasteiger partial charge in [0.1, 0.15) is 5.82 Å². The molecule has 3 heterocycles. The first-order valence-corrected chi connectivity index (χ1v) is 7.93. The van der Waals surface area contributed by atoms with E-state index in [9.17, 15) is 4.79 Å². The molecule has 1 aliphatic heterocycles. The zero-order chi connectivity index (χ0) is 15.2. The molecule has 2 aromatic rings. The van der Waals surface area contributed by atoms with Crippen LogP contribution in [0.5, 0.6) is 0 Å². The highest BCUT2D eigenvalue weighted by Gasteiger charge is 2.44. The number of nitrogens with one attached hydrogen (secondary N) is 1. The third-order valence-electron chi connectivity index (χ3n) is 5.07. The number of aromatic amines is 1. The van der Waals surface area contributed by atoms with Crippen LogP contribution in [0.15, 0.2) is 24.7 Å². The standard InChI is InChI=1S/C17H20N4O/c1-12-19-10-13-3-6-17(15(13)20-12)5-2-8-21(11-17)16(22)14-4-7-18-9-14/h4,7,9-10,18H,2-3,5-6,8,11H2,1H3. The van der Waals surface area contributed by atoms with Crippen LogP contribution in [-0.4, -0.2) is 38.8 Å². The number of rotatable bonds is 1. The van der Waals surface area contributed by atoms with Gasteiger partial charge in [0.15, 0.2) is 0 Å². The molecule has 1 N–H and O–H groups in total. The van der Waals surface area contributed by atoms with Crippen LogP contribution in [0.3, 0.4) is 0 Å². The van der Waals surface area contributed by atoms with Crippen LogP contribution >= 0.6 is 0 Å². The van der Waals surface area contributed by atoms with Gasteiger partial charge in [0.2, 0.25) is 0 Å². The van der Waals surface area contributed by atoms with E-state index in [-0.39, 0.29) is 11.3 Å². The molecule has 1 saturated heterocycles. The number of fused-ring (bicyclic) bond motifs is 2. The van der Waals surface area contributed by atoms with Gasteiger partial charge in [-0.2, -0.15) is 0 Å². The number of likely N-dealkylation sites (tertiary alicyclic amines) is 1. The lowest BCUT2D eigenvalue weighted by Crippen LogP contribution is -2.48. The molecule has 1 atom stereocenters. The molecular formula is C17H20N4O. The van der Waals surface area contributed by atoms with E-state index in [0.717, 1.165) is 50.2 Å². The number of nitrogens with zero attached hydrogens (tertiary/aromatic N) is 3. The highest BCUT2D eigenvalue weighted by molar-refractivity contribution is 5.94. The second-order valence-electron chi connectivity index (χ2n) is 6.50. The monoisotopic (exact) mass is 296 g/mol. The molecule has 0 radical (unpaired) electrons. The van der Waals surface area contributed by atoms with Crippen molar-refractivity contribution in [2.24, 2.45) is 0 Å². The molecule has 2 aliphatic rings. The van der Waals surface area contributed by atoms with Crippen LogP contribution in [-0.2, 0) is 11.8 Å². The largest absolute Gasteiger partial charge is 0.367 e. The van der Waals surface area contributed by atoms with Gasteiger partial charge in [0.25, 0.3) is 5.91 Å². The van der Waals surface area contributed by atoms with Crippen LogP contribution < -0.4 is 0 Å². The first kappa shape index (κ1) is 13.5. The number of piperidine rings is 1. The van der Waals surface area contributed by atoms with Gasteiger partial charge in [-0.15, -0.1) is 0 Å². The Morgan fingerprint density at radius 3 is 3.14 bits per heavy atom. The minimum atomic E-state index is 0.0350. The maximum absolute atomic E-state index is 12.7. The lowest BCUT2D eigenvalue weighted by molar-refractivity contribution is 0.0633. The van der Waals surface area contributed by atoms with E-state index in [0.29, 0.717) is 0 Å². The predicted molar refractivity (Wildman–Crippen MR) is 82.7 cm³/mol. The minimum Gasteiger partial charge on any atom is -0.367 e. The van der Waals surface area contributed by atoms with E-state index in [2.05, 4.69) is 9.97 Å². The van der Waals surface area contributed by atoms with E-state index in [1.54, 1.807) is 12.4 Å². The second-order valence-corrected chi connectivity index (χ2v) is 6.50. The van der Waals surface area contributed by atoms with Crippen LogP contribution in [0.1, 0.15) is 46.7 Å². The average Bonchev–Trinajstić information content (AvgIpc) is 3.17. The van der Waals surface area contributed by atoms with Gasteiger partial charge in [0.05, 0.1) is 11.3 Å². The number of amides is 1. The normalized spacial score (nSPS) is 23.8. The zero-order valence-corrected chi connectivity index (χ0v) is 12.8. The molecule has 2 aromatic heterocycles. The van der Waals surface area contributed by atoms with E-state index in [1.165, 1.54) is 11.3 Å². The van der Waals surface area contributed by atoms with Crippen molar-refractivity contribution in [3.8, 4) is 0 Å². The van der Waals surface area contributed by atoms with Crippen molar-refractivity contribution in [1.29, 1.82) is 0 Å². The Morgan fingerprint density at radius 1 is 1.41 bits per heavy atom. The van der Waals surface area contributed by atoms with Crippen LogP contribution in [0.25, 0.3) is 0 Å². The topological polar surface area (TPSA) is 61.9 Å². The SMILES string of the molecule is Cc1ncc2c(n1)C1(CCCN(C(=O)c3cc[nH]c3)C1)CC2. The van der Waals surface area contributed by atoms with Crippen LogP contribution in [0, 0.1) is 6.92 Å². The molecule has 1 amide bonds. The van der Waals surface area contributed by atoms with Crippen molar-refractivity contribution in [2.75, 3.05) is 13.1 Å². The number of carbonyl (C=O) groups is 1. The van der Waals surface area contributed by atoms with Crippen molar-refractivity contribution in [2.45, 2.75) is 38.0 Å². The molecule has 5 heteroatoms. The van der Waals surface area contributed by atoms with Crippen LogP contribution in [0.4, 0.5) is 0 Å². The molecule has 1 fully saturated rings. The van der Waals surface area contributed by atoms with Crippen molar-refractivity contribution in [3.05, 3.63) is 47.3 Å². The zero-order valence-electron chi connectivity index (χ0n) is 12.8. The maximum atomic E-state index is 12.7. The molecule has 1 unspecified atom stereocenters. The number of H-pyrrole nitrogens is 1. The minimum absolute atomic E-state index is 0.0350. The molecule has 114 valence electrons. The van der Waals surface area contributed by atoms with Crippen molar-refractivity contribution in [1.82, 2.24) is 19.9 Å². The first-order valence-electron chi connectivity index (χ1n) is 7.93. The summed E-state index contributed by atoms with van der Waals surface area (Å²) in [6, 6.07) is 1.85. The van der Waals surface area contributed by atoms with Gasteiger partial charge < -0.3 is 9.88 Å². The molecular weight excluding hydrogens is 276 g/mol. The van der Waals surface area contributed by atoms with Crippen molar-refractivity contribution in [3.63, 3.8) is 0 Å². The Labute approximate surface area is 129 Å². The fourth-order valence-corrected chi connectivity index (χ4v) is 3.97. The molecule has 0 aromatic carbocycles. The third-order valence-corrected chi connectivity index (χ3v) is 5.07. The average molecular weight is 296 g/mol. The van der Waals surface area contributed by atoms with Crippen molar-refractivity contribution >= 4 is 5.91 Å². The molecule has 0 bridgehead atoms. The summed E-state index contributed by atoms with van der Waals surface area (Å²) in [5, 5.41) is 0. The number of carbonyl (C=O) groups excluding carboxylic acids is 1. The molecule has 1 spiro atoms. The Balaban J connectivity index is 1.65. The lowest BCUT2D eigenvalue weighted by Gasteiger charge is -2.40. The second kappa shape index (κ2) is 4.93. The fraction of sp³-hybridized carbons (Fsp3) is 0.471. The highest BCUT2D eigenvalue weighted by Crippen LogP contribution is 2.43. The van der Waals surface area contributed by atoms with E-state index >= 15 is 0 Å². The number of aromatic nitrogens is 3. The Morgan fingerprint density at radius 2 is 2.32 bits per heavy atom. The number of hydrogen-bond donors (Lipinski definition) is 1. The van der Waals surface area contributed by atoms with Crippen molar-refractivity contribution < 1.29 is 4.79 Å². The summed E-state index contributed by atoms with van der Waals surface area (Å²) >= 11 is 0. The smallest absolute Gasteiger partial charge is 0.255 e.